The molecule has 0 aliphatic rings. The summed E-state index contributed by atoms with van der Waals surface area (Å²) in [5.41, 5.74) is 2.46. The van der Waals surface area contributed by atoms with Crippen molar-refractivity contribution in [1.82, 2.24) is 19.6 Å². The number of aryl methyl sites for hydroxylation is 1. The third-order valence-corrected chi connectivity index (χ3v) is 5.89. The molecule has 3 aromatic heterocycles. The number of benzene rings is 2. The van der Waals surface area contributed by atoms with Crippen molar-refractivity contribution in [3.05, 3.63) is 117 Å². The van der Waals surface area contributed by atoms with E-state index in [0.29, 0.717) is 22.7 Å². The van der Waals surface area contributed by atoms with E-state index in [2.05, 4.69) is 15.1 Å². The van der Waals surface area contributed by atoms with Gasteiger partial charge in [0.1, 0.15) is 0 Å². The lowest BCUT2D eigenvalue weighted by molar-refractivity contribution is 0.0956. The molecule has 0 spiro atoms. The molecular weight excluding hydrogens is 454 g/mol. The van der Waals surface area contributed by atoms with Crippen LogP contribution in [-0.4, -0.2) is 25.5 Å². The minimum atomic E-state index is -0.394. The molecule has 3 heterocycles. The number of H-pyrrole nitrogens is 1. The van der Waals surface area contributed by atoms with Gasteiger partial charge in [-0.15, -0.1) is 0 Å². The first-order chi connectivity index (χ1) is 16.5. The van der Waals surface area contributed by atoms with Crippen LogP contribution >= 0.6 is 11.6 Å². The number of carbonyl (C=O) groups excluding carboxylic acids is 1. The number of aromatic nitrogens is 4. The predicted octanol–water partition coefficient (Wildman–Crippen LogP) is 4.41. The largest absolute Gasteiger partial charge is 0.459 e. The highest BCUT2D eigenvalue weighted by Crippen LogP contribution is 2.20. The van der Waals surface area contributed by atoms with Crippen molar-refractivity contribution in [3.8, 4) is 0 Å². The smallest absolute Gasteiger partial charge is 0.296 e. The average Bonchev–Trinajstić information content (AvgIpc) is 3.52. The van der Waals surface area contributed by atoms with Gasteiger partial charge in [-0.3, -0.25) is 19.6 Å². The van der Waals surface area contributed by atoms with E-state index in [1.54, 1.807) is 25.1 Å². The Balaban J connectivity index is 1.58. The van der Waals surface area contributed by atoms with E-state index in [0.717, 1.165) is 11.1 Å². The van der Waals surface area contributed by atoms with Gasteiger partial charge >= 0.3 is 0 Å². The number of hydrogen-bond donors (Lipinski definition) is 1. The van der Waals surface area contributed by atoms with Crippen molar-refractivity contribution in [3.63, 3.8) is 0 Å². The van der Waals surface area contributed by atoms with E-state index >= 15 is 0 Å². The molecular formula is C25H20ClN5O3. The highest BCUT2D eigenvalue weighted by atomic mass is 35.5. The molecule has 0 aliphatic heterocycles. The number of fused-ring (bicyclic) bond motifs is 1. The van der Waals surface area contributed by atoms with Crippen LogP contribution in [0.3, 0.4) is 0 Å². The third-order valence-electron chi connectivity index (χ3n) is 5.52. The van der Waals surface area contributed by atoms with Gasteiger partial charge in [0, 0.05) is 17.0 Å². The molecule has 0 fully saturated rings. The number of anilines is 1. The third kappa shape index (κ3) is 4.11. The number of hydrogen-bond acceptors (Lipinski definition) is 5. The van der Waals surface area contributed by atoms with Crippen LogP contribution in [0.4, 0.5) is 5.95 Å². The molecule has 5 rings (SSSR count). The second-order valence-corrected chi connectivity index (χ2v) is 8.19. The molecule has 0 radical (unpaired) electrons. The van der Waals surface area contributed by atoms with Gasteiger partial charge in [0.15, 0.2) is 5.76 Å². The molecule has 0 bridgehead atoms. The first-order valence-electron chi connectivity index (χ1n) is 10.6. The van der Waals surface area contributed by atoms with Gasteiger partial charge in [-0.1, -0.05) is 60.1 Å². The Hall–Kier alpha value is -4.17. The number of furan rings is 1. The topological polar surface area (TPSA) is 96.5 Å². The van der Waals surface area contributed by atoms with Crippen LogP contribution in [0.1, 0.15) is 32.9 Å². The molecule has 34 heavy (non-hydrogen) atoms. The van der Waals surface area contributed by atoms with Crippen LogP contribution in [0.25, 0.3) is 5.78 Å². The Kier molecular flexibility index (Phi) is 5.73. The molecule has 1 amide bonds. The van der Waals surface area contributed by atoms with E-state index in [9.17, 15) is 9.59 Å². The van der Waals surface area contributed by atoms with E-state index in [4.69, 9.17) is 16.0 Å². The van der Waals surface area contributed by atoms with Crippen LogP contribution in [-0.2, 0) is 13.0 Å². The quantitative estimate of drug-likeness (QED) is 0.394. The van der Waals surface area contributed by atoms with Crippen LogP contribution < -0.4 is 10.5 Å². The van der Waals surface area contributed by atoms with Gasteiger partial charge in [-0.2, -0.15) is 9.50 Å². The van der Waals surface area contributed by atoms with Crippen LogP contribution in [0.2, 0.25) is 5.02 Å². The summed E-state index contributed by atoms with van der Waals surface area (Å²) >= 11 is 6.30. The minimum absolute atomic E-state index is 0.160. The summed E-state index contributed by atoms with van der Waals surface area (Å²) in [4.78, 5) is 37.0. The Labute approximate surface area is 199 Å². The summed E-state index contributed by atoms with van der Waals surface area (Å²) in [6.45, 7) is 1.98. The number of nitrogens with zero attached hydrogens (tertiary/aromatic N) is 4. The van der Waals surface area contributed by atoms with Crippen molar-refractivity contribution in [1.29, 1.82) is 0 Å². The fourth-order valence-corrected chi connectivity index (χ4v) is 3.94. The minimum Gasteiger partial charge on any atom is -0.459 e. The molecule has 8 nitrogen and oxygen atoms in total. The molecule has 0 saturated heterocycles. The second kappa shape index (κ2) is 8.99. The monoisotopic (exact) mass is 473 g/mol. The summed E-state index contributed by atoms with van der Waals surface area (Å²) in [6.07, 6.45) is 1.76. The standard InChI is InChI=1S/C25H20ClN5O3/c1-16-19(14-18-10-5-6-11-20(18)26)22(32)31-24(27-16)28-25(29-31)30(15-17-8-3-2-4-9-17)23(33)21-12-7-13-34-21/h2-13H,14-15H2,1H3,(H,27,28,29). The number of nitrogens with one attached hydrogen (secondary N) is 1. The Bertz CT molecular complexity index is 1520. The van der Waals surface area contributed by atoms with Gasteiger partial charge in [-0.05, 0) is 36.2 Å². The Morgan fingerprint density at radius 3 is 2.56 bits per heavy atom. The van der Waals surface area contributed by atoms with Crippen molar-refractivity contribution in [2.75, 3.05) is 4.90 Å². The molecule has 1 N–H and O–H groups in total. The van der Waals surface area contributed by atoms with Crippen LogP contribution in [0, 0.1) is 6.92 Å². The molecule has 170 valence electrons. The van der Waals surface area contributed by atoms with Crippen molar-refractivity contribution >= 4 is 29.2 Å². The van der Waals surface area contributed by atoms with E-state index in [1.807, 2.05) is 48.5 Å². The molecule has 0 saturated carbocycles. The lowest BCUT2D eigenvalue weighted by Gasteiger charge is -2.18. The van der Waals surface area contributed by atoms with Crippen LogP contribution in [0.15, 0.2) is 82.2 Å². The van der Waals surface area contributed by atoms with Crippen molar-refractivity contribution in [2.24, 2.45) is 0 Å². The summed E-state index contributed by atoms with van der Waals surface area (Å²) in [5.74, 6) is 0.121. The number of aromatic amines is 1. The lowest BCUT2D eigenvalue weighted by atomic mass is 10.1. The van der Waals surface area contributed by atoms with Crippen molar-refractivity contribution in [2.45, 2.75) is 19.9 Å². The maximum atomic E-state index is 13.3. The average molecular weight is 474 g/mol. The lowest BCUT2D eigenvalue weighted by Crippen LogP contribution is -2.31. The summed E-state index contributed by atoms with van der Waals surface area (Å²) in [7, 11) is 0. The molecule has 9 heteroatoms. The van der Waals surface area contributed by atoms with Crippen LogP contribution in [0.5, 0.6) is 0 Å². The second-order valence-electron chi connectivity index (χ2n) is 7.79. The van der Waals surface area contributed by atoms with E-state index in [-0.39, 0.29) is 29.6 Å². The zero-order valence-corrected chi connectivity index (χ0v) is 19.0. The first-order valence-corrected chi connectivity index (χ1v) is 11.0. The Morgan fingerprint density at radius 2 is 1.82 bits per heavy atom. The first kappa shape index (κ1) is 21.7. The molecule has 2 aromatic carbocycles. The zero-order chi connectivity index (χ0) is 23.7. The predicted molar refractivity (Wildman–Crippen MR) is 128 cm³/mol. The van der Waals surface area contributed by atoms with Gasteiger partial charge in [0.05, 0.1) is 18.5 Å². The van der Waals surface area contributed by atoms with Crippen molar-refractivity contribution < 1.29 is 9.21 Å². The fraction of sp³-hybridized carbons (Fsp3) is 0.120. The summed E-state index contributed by atoms with van der Waals surface area (Å²) < 4.78 is 6.57. The number of rotatable bonds is 6. The highest BCUT2D eigenvalue weighted by Gasteiger charge is 2.25. The maximum absolute atomic E-state index is 13.3. The molecule has 0 unspecified atom stereocenters. The number of halogens is 1. The van der Waals surface area contributed by atoms with Gasteiger partial charge in [0.25, 0.3) is 17.2 Å². The van der Waals surface area contributed by atoms with Gasteiger partial charge in [0.2, 0.25) is 5.95 Å². The van der Waals surface area contributed by atoms with E-state index < -0.39 is 5.91 Å². The molecule has 5 aromatic rings. The van der Waals surface area contributed by atoms with Gasteiger partial charge < -0.3 is 4.42 Å². The SMILES string of the molecule is Cc1nc2nc(N(Cc3ccccc3)C(=O)c3ccco3)[nH]n2c(=O)c1Cc1ccccc1Cl. The zero-order valence-electron chi connectivity index (χ0n) is 18.2. The van der Waals surface area contributed by atoms with Gasteiger partial charge in [-0.25, -0.2) is 4.98 Å². The summed E-state index contributed by atoms with van der Waals surface area (Å²) in [5, 5.41) is 3.53. The number of amides is 1. The fourth-order valence-electron chi connectivity index (χ4n) is 3.74. The maximum Gasteiger partial charge on any atom is 0.296 e. The highest BCUT2D eigenvalue weighted by molar-refractivity contribution is 6.31. The molecule has 0 atom stereocenters. The molecule has 0 aliphatic carbocycles. The normalized spacial score (nSPS) is 11.1. The summed E-state index contributed by atoms with van der Waals surface area (Å²) in [6, 6.07) is 20.1. The van der Waals surface area contributed by atoms with E-state index in [1.165, 1.54) is 15.7 Å². The Morgan fingerprint density at radius 1 is 1.06 bits per heavy atom. The number of carbonyl (C=O) groups is 1.